The van der Waals surface area contributed by atoms with Crippen LogP contribution in [0.5, 0.6) is 5.75 Å². The Kier molecular flexibility index (Phi) is 6.71. The molecule has 6 N–H and O–H groups in total. The van der Waals surface area contributed by atoms with Gasteiger partial charge in [0.25, 0.3) is 0 Å². The number of nitrogens with two attached hydrogens (primary N) is 2. The van der Waals surface area contributed by atoms with E-state index in [0.29, 0.717) is 28.8 Å². The number of methoxy groups -OCH3 is 1. The van der Waals surface area contributed by atoms with Crippen LogP contribution in [0.2, 0.25) is 0 Å². The number of amides is 1. The van der Waals surface area contributed by atoms with E-state index < -0.39 is 5.54 Å². The molecule has 0 spiro atoms. The van der Waals surface area contributed by atoms with E-state index in [1.807, 2.05) is 26.8 Å². The van der Waals surface area contributed by atoms with Crippen molar-refractivity contribution in [1.29, 1.82) is 0 Å². The summed E-state index contributed by atoms with van der Waals surface area (Å²) in [6.07, 6.45) is 1.92. The van der Waals surface area contributed by atoms with E-state index in [4.69, 9.17) is 15.3 Å². The largest absolute Gasteiger partial charge is 0.497 e. The third-order valence-electron chi connectivity index (χ3n) is 3.83. The summed E-state index contributed by atoms with van der Waals surface area (Å²) in [4.78, 5) is 24.0. The van der Waals surface area contributed by atoms with Gasteiger partial charge in [-0.3, -0.25) is 9.78 Å². The SMILES string of the molecule is COc1ccnc(-c2nc(NC(C)(C)CO)nc3sc(C)c(N)c23)c1.NC=O. The first-order chi connectivity index (χ1) is 13.3. The topological polar surface area (TPSA) is 149 Å². The van der Waals surface area contributed by atoms with Crippen molar-refractivity contribution in [2.75, 3.05) is 24.8 Å². The van der Waals surface area contributed by atoms with Crippen molar-refractivity contribution < 1.29 is 14.6 Å². The number of nitrogens with zero attached hydrogens (tertiary/aromatic N) is 3. The lowest BCUT2D eigenvalue weighted by molar-refractivity contribution is -0.106. The van der Waals surface area contributed by atoms with Gasteiger partial charge in [-0.15, -0.1) is 11.3 Å². The molecule has 3 rings (SSSR count). The Morgan fingerprint density at radius 3 is 2.68 bits per heavy atom. The van der Waals surface area contributed by atoms with Crippen molar-refractivity contribution in [3.63, 3.8) is 0 Å². The molecular formula is C18H24N6O3S. The molecule has 3 aromatic heterocycles. The predicted octanol–water partition coefficient (Wildman–Crippen LogP) is 1.94. The first-order valence-corrected chi connectivity index (χ1v) is 9.19. The molecule has 1 amide bonds. The molecule has 0 aliphatic carbocycles. The van der Waals surface area contributed by atoms with Crippen LogP contribution in [-0.4, -0.2) is 45.7 Å². The number of nitrogens with one attached hydrogen (secondary N) is 1. The number of primary amides is 1. The van der Waals surface area contributed by atoms with E-state index in [-0.39, 0.29) is 13.0 Å². The summed E-state index contributed by atoms with van der Waals surface area (Å²) < 4.78 is 5.29. The van der Waals surface area contributed by atoms with Gasteiger partial charge in [0.05, 0.1) is 36.0 Å². The van der Waals surface area contributed by atoms with Crippen LogP contribution in [0.3, 0.4) is 0 Å². The van der Waals surface area contributed by atoms with Gasteiger partial charge in [-0.25, -0.2) is 9.97 Å². The fourth-order valence-corrected chi connectivity index (χ4v) is 3.33. The lowest BCUT2D eigenvalue weighted by Crippen LogP contribution is -2.35. The third kappa shape index (κ3) is 4.65. The van der Waals surface area contributed by atoms with Crippen molar-refractivity contribution in [3.05, 3.63) is 23.2 Å². The summed E-state index contributed by atoms with van der Waals surface area (Å²) in [5, 5.41) is 13.5. The van der Waals surface area contributed by atoms with Crippen LogP contribution in [0.25, 0.3) is 21.6 Å². The Morgan fingerprint density at radius 1 is 1.39 bits per heavy atom. The zero-order valence-electron chi connectivity index (χ0n) is 16.2. The van der Waals surface area contributed by atoms with E-state index in [2.05, 4.69) is 26.0 Å². The molecule has 0 radical (unpaired) electrons. The van der Waals surface area contributed by atoms with Crippen molar-refractivity contribution in [1.82, 2.24) is 15.0 Å². The molecule has 3 heterocycles. The lowest BCUT2D eigenvalue weighted by atomic mass is 10.1. The van der Waals surface area contributed by atoms with Crippen LogP contribution in [0.15, 0.2) is 18.3 Å². The molecule has 3 aromatic rings. The molecule has 10 heteroatoms. The van der Waals surface area contributed by atoms with Gasteiger partial charge in [0.1, 0.15) is 16.3 Å². The zero-order chi connectivity index (χ0) is 20.9. The number of aliphatic hydroxyl groups is 1. The molecule has 0 saturated heterocycles. The highest BCUT2D eigenvalue weighted by molar-refractivity contribution is 7.19. The molecule has 0 aromatic carbocycles. The maximum atomic E-state index is 9.51. The number of pyridine rings is 1. The van der Waals surface area contributed by atoms with Crippen molar-refractivity contribution in [2.45, 2.75) is 26.3 Å². The minimum Gasteiger partial charge on any atom is -0.497 e. The summed E-state index contributed by atoms with van der Waals surface area (Å²) in [5.74, 6) is 1.11. The van der Waals surface area contributed by atoms with Crippen molar-refractivity contribution >= 4 is 39.6 Å². The number of ether oxygens (including phenoxy) is 1. The van der Waals surface area contributed by atoms with Crippen LogP contribution in [0.4, 0.5) is 11.6 Å². The average molecular weight is 404 g/mol. The number of carbonyl (C=O) groups is 1. The number of carbonyl (C=O) groups excluding carboxylic acids is 1. The van der Waals surface area contributed by atoms with Crippen LogP contribution in [0, 0.1) is 6.92 Å². The molecule has 150 valence electrons. The molecule has 0 fully saturated rings. The van der Waals surface area contributed by atoms with Gasteiger partial charge in [-0.1, -0.05) is 0 Å². The van der Waals surface area contributed by atoms with E-state index in [0.717, 1.165) is 15.1 Å². The monoisotopic (exact) mass is 404 g/mol. The highest BCUT2D eigenvalue weighted by atomic mass is 32.1. The summed E-state index contributed by atoms with van der Waals surface area (Å²) in [6, 6.07) is 3.59. The number of fused-ring (bicyclic) bond motifs is 1. The van der Waals surface area contributed by atoms with Crippen LogP contribution < -0.4 is 21.5 Å². The van der Waals surface area contributed by atoms with E-state index in [9.17, 15) is 5.11 Å². The second-order valence-electron chi connectivity index (χ2n) is 6.53. The van der Waals surface area contributed by atoms with Gasteiger partial charge in [0.2, 0.25) is 12.4 Å². The highest BCUT2D eigenvalue weighted by Gasteiger charge is 2.22. The second-order valence-corrected chi connectivity index (χ2v) is 7.74. The van der Waals surface area contributed by atoms with Crippen molar-refractivity contribution in [2.24, 2.45) is 5.73 Å². The number of anilines is 2. The number of rotatable bonds is 5. The number of nitrogen functional groups attached to an aromatic ring is 1. The maximum Gasteiger partial charge on any atom is 0.225 e. The Morgan fingerprint density at radius 2 is 2.07 bits per heavy atom. The van der Waals surface area contributed by atoms with Gasteiger partial charge in [-0.2, -0.15) is 0 Å². The average Bonchev–Trinajstić information content (AvgIpc) is 2.95. The van der Waals surface area contributed by atoms with Crippen molar-refractivity contribution in [3.8, 4) is 17.1 Å². The molecule has 0 aliphatic rings. The van der Waals surface area contributed by atoms with Gasteiger partial charge in [0.15, 0.2) is 0 Å². The Labute approximate surface area is 166 Å². The van der Waals surface area contributed by atoms with E-state index in [1.54, 1.807) is 19.4 Å². The van der Waals surface area contributed by atoms with Gasteiger partial charge in [-0.05, 0) is 26.8 Å². The molecule has 0 atom stereocenters. The van der Waals surface area contributed by atoms with Gasteiger partial charge in [0, 0.05) is 17.1 Å². The Bertz CT molecular complexity index is 973. The van der Waals surface area contributed by atoms with Gasteiger partial charge >= 0.3 is 0 Å². The second kappa shape index (κ2) is 8.81. The Hall–Kier alpha value is -2.98. The smallest absolute Gasteiger partial charge is 0.225 e. The number of aliphatic hydroxyl groups excluding tert-OH is 1. The number of hydrogen-bond donors (Lipinski definition) is 4. The first kappa shape index (κ1) is 21.3. The molecular weight excluding hydrogens is 380 g/mol. The van der Waals surface area contributed by atoms with E-state index >= 15 is 0 Å². The standard InChI is InChI=1S/C17H21N5O2S.CH3NO/c1-9-13(18)12-14(11-7-10(24-4)5-6-19-11)20-16(21-15(12)25-9)22-17(2,3)8-23;2-1-3/h5-7,23H,8,18H2,1-4H3,(H,20,21,22);1H,(H2,2,3). The molecule has 0 unspecified atom stereocenters. The summed E-state index contributed by atoms with van der Waals surface area (Å²) in [5.41, 5.74) is 11.8. The van der Waals surface area contributed by atoms with Crippen LogP contribution >= 0.6 is 11.3 Å². The fourth-order valence-electron chi connectivity index (χ4n) is 2.38. The molecule has 28 heavy (non-hydrogen) atoms. The van der Waals surface area contributed by atoms with E-state index in [1.165, 1.54) is 11.3 Å². The van der Waals surface area contributed by atoms with Crippen LogP contribution in [0.1, 0.15) is 18.7 Å². The number of thiophene rings is 1. The fraction of sp³-hybridized carbons (Fsp3) is 0.333. The Balaban J connectivity index is 0.000000878. The minimum atomic E-state index is -0.551. The van der Waals surface area contributed by atoms with Crippen LogP contribution in [-0.2, 0) is 4.79 Å². The summed E-state index contributed by atoms with van der Waals surface area (Å²) in [6.45, 7) is 5.65. The third-order valence-corrected chi connectivity index (χ3v) is 4.84. The predicted molar refractivity (Wildman–Crippen MR) is 111 cm³/mol. The number of hydrogen-bond acceptors (Lipinski definition) is 9. The normalized spacial score (nSPS) is 10.9. The quantitative estimate of drug-likeness (QED) is 0.471. The maximum absolute atomic E-state index is 9.51. The summed E-state index contributed by atoms with van der Waals surface area (Å²) in [7, 11) is 1.61. The number of aryl methyl sites for hydroxylation is 1. The molecule has 9 nitrogen and oxygen atoms in total. The molecule has 0 bridgehead atoms. The number of aromatic nitrogens is 3. The molecule has 0 saturated carbocycles. The summed E-state index contributed by atoms with van der Waals surface area (Å²) >= 11 is 1.51. The lowest BCUT2D eigenvalue weighted by Gasteiger charge is -2.23. The zero-order valence-corrected chi connectivity index (χ0v) is 17.0. The minimum absolute atomic E-state index is 0.0489. The van der Waals surface area contributed by atoms with Gasteiger partial charge < -0.3 is 26.6 Å². The first-order valence-electron chi connectivity index (χ1n) is 8.37. The highest BCUT2D eigenvalue weighted by Crippen LogP contribution is 2.38. The molecule has 0 aliphatic heterocycles.